The van der Waals surface area contributed by atoms with Gasteiger partial charge in [-0.15, -0.1) is 0 Å². The van der Waals surface area contributed by atoms with Crippen molar-refractivity contribution in [1.82, 2.24) is 14.9 Å². The molecule has 1 fully saturated rings. The van der Waals surface area contributed by atoms with Gasteiger partial charge in [-0.25, -0.2) is 9.59 Å². The first-order chi connectivity index (χ1) is 20.9. The van der Waals surface area contributed by atoms with Crippen molar-refractivity contribution in [3.63, 3.8) is 0 Å². The van der Waals surface area contributed by atoms with Crippen molar-refractivity contribution in [2.45, 2.75) is 37.0 Å². The number of anilines is 1. The van der Waals surface area contributed by atoms with Crippen LogP contribution < -0.4 is 25.8 Å². The average Bonchev–Trinajstić information content (AvgIpc) is 3.41. The fourth-order valence-corrected chi connectivity index (χ4v) is 5.60. The molecule has 11 heteroatoms. The topological polar surface area (TPSA) is 133 Å². The fourth-order valence-electron chi connectivity index (χ4n) is 5.60. The number of fused-ring (bicyclic) bond motifs is 1. The quantitative estimate of drug-likeness (QED) is 0.255. The molecule has 43 heavy (non-hydrogen) atoms. The van der Waals surface area contributed by atoms with E-state index >= 15 is 0 Å². The Kier molecular flexibility index (Phi) is 7.85. The lowest BCUT2D eigenvalue weighted by molar-refractivity contribution is -0.0944. The Morgan fingerprint density at radius 1 is 0.930 bits per heavy atom. The smallest absolute Gasteiger partial charge is 0.351 e. The van der Waals surface area contributed by atoms with E-state index in [1.165, 1.54) is 4.57 Å². The zero-order valence-corrected chi connectivity index (χ0v) is 23.7. The third-order valence-electron chi connectivity index (χ3n) is 7.85. The van der Waals surface area contributed by atoms with Gasteiger partial charge in [0.15, 0.2) is 0 Å². The number of rotatable bonds is 9. The van der Waals surface area contributed by atoms with Crippen LogP contribution in [0.1, 0.15) is 34.9 Å². The molecule has 6 rings (SSSR count). The number of methoxy groups -OCH3 is 2. The first kappa shape index (κ1) is 28.4. The highest BCUT2D eigenvalue weighted by molar-refractivity contribution is 5.90. The number of hydrogen-bond acceptors (Lipinski definition) is 8. The monoisotopic (exact) mass is 584 g/mol. The molecule has 3 aromatic carbocycles. The van der Waals surface area contributed by atoms with E-state index in [0.29, 0.717) is 17.1 Å². The fraction of sp³-hybridized carbons (Fsp3) is 0.281. The SMILES string of the molecule is COc1ccc(C(OC[C@H]2O[C@@H](n3cc4c(nc3=O)NC(=O)NC4)C[C@@H]2O)(c2ccccc2)c2ccc(OC)cc2)cc1. The number of carbonyl (C=O) groups is 1. The minimum Gasteiger partial charge on any atom is -0.497 e. The summed E-state index contributed by atoms with van der Waals surface area (Å²) in [4.78, 5) is 28.5. The highest BCUT2D eigenvalue weighted by atomic mass is 16.6. The molecule has 3 N–H and O–H groups in total. The minimum absolute atomic E-state index is 0.00928. The van der Waals surface area contributed by atoms with Crippen LogP contribution in [0.4, 0.5) is 10.6 Å². The lowest BCUT2D eigenvalue weighted by atomic mass is 9.80. The van der Waals surface area contributed by atoms with Gasteiger partial charge in [-0.3, -0.25) is 9.88 Å². The first-order valence-corrected chi connectivity index (χ1v) is 13.9. The van der Waals surface area contributed by atoms with Crippen LogP contribution in [0.2, 0.25) is 0 Å². The molecule has 3 heterocycles. The number of benzene rings is 3. The van der Waals surface area contributed by atoms with E-state index in [0.717, 1.165) is 16.7 Å². The van der Waals surface area contributed by atoms with Gasteiger partial charge in [0.2, 0.25) is 0 Å². The molecule has 4 aromatic rings. The summed E-state index contributed by atoms with van der Waals surface area (Å²) in [5, 5.41) is 16.3. The molecule has 0 spiro atoms. The Labute approximate surface area is 248 Å². The molecule has 0 aliphatic carbocycles. The summed E-state index contributed by atoms with van der Waals surface area (Å²) in [6.45, 7) is 0.231. The van der Waals surface area contributed by atoms with Gasteiger partial charge in [-0.1, -0.05) is 54.6 Å². The molecular weight excluding hydrogens is 552 g/mol. The van der Waals surface area contributed by atoms with Gasteiger partial charge in [-0.05, 0) is 41.0 Å². The number of carbonyl (C=O) groups excluding carboxylic acids is 1. The van der Waals surface area contributed by atoms with E-state index in [1.54, 1.807) is 20.4 Å². The van der Waals surface area contributed by atoms with E-state index < -0.39 is 35.8 Å². The van der Waals surface area contributed by atoms with Crippen molar-refractivity contribution in [3.8, 4) is 11.5 Å². The second-order valence-corrected chi connectivity index (χ2v) is 10.4. The van der Waals surface area contributed by atoms with Crippen molar-refractivity contribution >= 4 is 11.8 Å². The highest BCUT2D eigenvalue weighted by Gasteiger charge is 2.42. The summed E-state index contributed by atoms with van der Waals surface area (Å²) in [7, 11) is 3.23. The third kappa shape index (κ3) is 5.45. The molecular formula is C32H32N4O7. The Morgan fingerprint density at radius 3 is 2.14 bits per heavy atom. The Hall–Kier alpha value is -4.71. The van der Waals surface area contributed by atoms with Gasteiger partial charge in [0, 0.05) is 24.7 Å². The Morgan fingerprint density at radius 2 is 1.53 bits per heavy atom. The van der Waals surface area contributed by atoms with E-state index in [-0.39, 0.29) is 25.4 Å². The number of aliphatic hydroxyl groups is 1. The van der Waals surface area contributed by atoms with E-state index in [9.17, 15) is 14.7 Å². The molecule has 0 saturated carbocycles. The van der Waals surface area contributed by atoms with Gasteiger partial charge < -0.3 is 29.4 Å². The number of hydrogen-bond donors (Lipinski definition) is 3. The van der Waals surface area contributed by atoms with Crippen LogP contribution in [0.3, 0.4) is 0 Å². The van der Waals surface area contributed by atoms with E-state index in [2.05, 4.69) is 15.6 Å². The zero-order chi connectivity index (χ0) is 30.0. The normalized spacial score (nSPS) is 19.7. The minimum atomic E-state index is -1.09. The molecule has 0 unspecified atom stereocenters. The maximum absolute atomic E-state index is 12.8. The molecule has 3 atom stereocenters. The Bertz CT molecular complexity index is 1590. The third-order valence-corrected chi connectivity index (χ3v) is 7.85. The largest absolute Gasteiger partial charge is 0.497 e. The summed E-state index contributed by atoms with van der Waals surface area (Å²) in [5.74, 6) is 1.63. The molecule has 222 valence electrons. The van der Waals surface area contributed by atoms with Crippen molar-refractivity contribution in [1.29, 1.82) is 0 Å². The summed E-state index contributed by atoms with van der Waals surface area (Å²) < 4.78 is 25.3. The second-order valence-electron chi connectivity index (χ2n) is 10.4. The number of aliphatic hydroxyl groups excluding tert-OH is 1. The van der Waals surface area contributed by atoms with Gasteiger partial charge in [-0.2, -0.15) is 4.98 Å². The van der Waals surface area contributed by atoms with Crippen molar-refractivity contribution in [2.24, 2.45) is 0 Å². The predicted molar refractivity (Wildman–Crippen MR) is 157 cm³/mol. The molecule has 2 aliphatic heterocycles. The lowest BCUT2D eigenvalue weighted by Gasteiger charge is -2.37. The lowest BCUT2D eigenvalue weighted by Crippen LogP contribution is -2.38. The standard InChI is InChI=1S/C32H32N4O7/c1-40-24-12-8-22(9-13-24)32(21-6-4-3-5-7-21,23-10-14-25(41-2)15-11-23)42-19-27-26(37)16-28(43-27)36-18-20-17-33-30(38)34-29(20)35-31(36)39/h3-15,18,26-28,37H,16-17,19H2,1-2H3,(H2,33,34,35,38,39)/t26-,27+,28+/m0/s1. The summed E-state index contributed by atoms with van der Waals surface area (Å²) in [6.07, 6.45) is -0.658. The van der Waals surface area contributed by atoms with Gasteiger partial charge in [0.25, 0.3) is 0 Å². The molecule has 2 aliphatic rings. The van der Waals surface area contributed by atoms with Gasteiger partial charge >= 0.3 is 11.7 Å². The maximum atomic E-state index is 12.8. The van der Waals surface area contributed by atoms with Crippen molar-refractivity contribution in [2.75, 3.05) is 26.1 Å². The van der Waals surface area contributed by atoms with Crippen LogP contribution in [0.5, 0.6) is 11.5 Å². The molecule has 0 bridgehead atoms. The number of aromatic nitrogens is 2. The van der Waals surface area contributed by atoms with Gasteiger partial charge in [0.05, 0.1) is 26.9 Å². The van der Waals surface area contributed by atoms with Crippen molar-refractivity contribution < 1.29 is 28.8 Å². The number of urea groups is 1. The number of nitrogens with zero attached hydrogens (tertiary/aromatic N) is 2. The van der Waals surface area contributed by atoms with Crippen LogP contribution in [-0.2, 0) is 21.6 Å². The molecule has 2 amide bonds. The Balaban J connectivity index is 1.34. The van der Waals surface area contributed by atoms with Gasteiger partial charge in [0.1, 0.15) is 35.2 Å². The molecule has 1 saturated heterocycles. The van der Waals surface area contributed by atoms with Crippen LogP contribution in [-0.4, -0.2) is 53.7 Å². The van der Waals surface area contributed by atoms with Crippen LogP contribution >= 0.6 is 0 Å². The predicted octanol–water partition coefficient (Wildman–Crippen LogP) is 3.55. The average molecular weight is 585 g/mol. The second kappa shape index (κ2) is 11.9. The summed E-state index contributed by atoms with van der Waals surface area (Å²) in [5.41, 5.74) is 1.53. The van der Waals surface area contributed by atoms with E-state index in [4.69, 9.17) is 18.9 Å². The highest BCUT2D eigenvalue weighted by Crippen LogP contribution is 2.42. The number of nitrogens with one attached hydrogen (secondary N) is 2. The van der Waals surface area contributed by atoms with Crippen LogP contribution in [0, 0.1) is 0 Å². The number of amides is 2. The molecule has 0 radical (unpaired) electrons. The first-order valence-electron chi connectivity index (χ1n) is 13.9. The zero-order valence-electron chi connectivity index (χ0n) is 23.7. The summed E-state index contributed by atoms with van der Waals surface area (Å²) in [6, 6.07) is 24.7. The van der Waals surface area contributed by atoms with Crippen molar-refractivity contribution in [3.05, 3.63) is 118 Å². The van der Waals surface area contributed by atoms with Crippen LogP contribution in [0.25, 0.3) is 0 Å². The number of ether oxygens (including phenoxy) is 4. The maximum Gasteiger partial charge on any atom is 0.351 e. The molecule has 11 nitrogen and oxygen atoms in total. The van der Waals surface area contributed by atoms with E-state index in [1.807, 2.05) is 78.9 Å². The summed E-state index contributed by atoms with van der Waals surface area (Å²) >= 11 is 0. The molecule has 1 aromatic heterocycles. The van der Waals surface area contributed by atoms with Crippen LogP contribution in [0.15, 0.2) is 89.9 Å².